The summed E-state index contributed by atoms with van der Waals surface area (Å²) in [5.74, 6) is -1.03. The summed E-state index contributed by atoms with van der Waals surface area (Å²) in [6, 6.07) is 0. The van der Waals surface area contributed by atoms with E-state index in [2.05, 4.69) is 51.2 Å². The number of rotatable bonds is 40. The van der Waals surface area contributed by atoms with Crippen molar-refractivity contribution in [1.29, 1.82) is 0 Å². The molecule has 324 valence electrons. The minimum atomic E-state index is -0.821. The van der Waals surface area contributed by atoms with Crippen LogP contribution in [-0.2, 0) is 28.6 Å². The smallest absolute Gasteiger partial charge is 0.306 e. The molecule has 0 aromatic carbocycles. The Hall–Kier alpha value is -3.41. The molecule has 0 aliphatic rings. The average Bonchev–Trinajstić information content (AvgIpc) is 3.21. The van der Waals surface area contributed by atoms with Crippen molar-refractivity contribution in [3.63, 3.8) is 0 Å². The third-order valence-electron chi connectivity index (χ3n) is 9.53. The Bertz CT molecular complexity index is 1140. The van der Waals surface area contributed by atoms with Crippen molar-refractivity contribution >= 4 is 17.9 Å². The van der Waals surface area contributed by atoms with Crippen molar-refractivity contribution in [3.8, 4) is 0 Å². The van der Waals surface area contributed by atoms with E-state index >= 15 is 0 Å². The minimum absolute atomic E-state index is 0.112. The molecule has 0 N–H and O–H groups in total. The lowest BCUT2D eigenvalue weighted by atomic mass is 10.1. The first-order valence-electron chi connectivity index (χ1n) is 23.2. The highest BCUT2D eigenvalue weighted by atomic mass is 16.6. The van der Waals surface area contributed by atoms with Crippen molar-refractivity contribution in [2.75, 3.05) is 13.2 Å². The number of esters is 3. The van der Waals surface area contributed by atoms with Crippen molar-refractivity contribution in [2.45, 2.75) is 207 Å². The zero-order chi connectivity index (χ0) is 41.5. The van der Waals surface area contributed by atoms with Gasteiger partial charge in [-0.1, -0.05) is 209 Å². The molecule has 6 heteroatoms. The van der Waals surface area contributed by atoms with E-state index < -0.39 is 12.1 Å². The van der Waals surface area contributed by atoms with Gasteiger partial charge in [0.15, 0.2) is 6.10 Å². The highest BCUT2D eigenvalue weighted by Crippen LogP contribution is 2.13. The van der Waals surface area contributed by atoms with Crippen LogP contribution in [0.15, 0.2) is 85.1 Å². The van der Waals surface area contributed by atoms with Gasteiger partial charge >= 0.3 is 17.9 Å². The van der Waals surface area contributed by atoms with Gasteiger partial charge in [-0.3, -0.25) is 14.4 Å². The minimum Gasteiger partial charge on any atom is -0.462 e. The molecule has 0 aliphatic carbocycles. The van der Waals surface area contributed by atoms with Gasteiger partial charge in [0.05, 0.1) is 0 Å². The molecule has 0 rings (SSSR count). The zero-order valence-corrected chi connectivity index (χ0v) is 36.8. The third kappa shape index (κ3) is 43.6. The number of unbranched alkanes of at least 4 members (excludes halogenated alkanes) is 19. The maximum absolute atomic E-state index is 12.7. The van der Waals surface area contributed by atoms with Crippen LogP contribution >= 0.6 is 0 Å². The summed E-state index contributed by atoms with van der Waals surface area (Å²) >= 11 is 0. The Morgan fingerprint density at radius 3 is 1.30 bits per heavy atom. The van der Waals surface area contributed by atoms with Crippen LogP contribution in [-0.4, -0.2) is 37.2 Å². The number of carbonyl (C=O) groups excluding carboxylic acids is 3. The second kappa shape index (κ2) is 45.3. The van der Waals surface area contributed by atoms with E-state index in [1.807, 2.05) is 54.7 Å². The Morgan fingerprint density at radius 1 is 0.386 bits per heavy atom. The summed E-state index contributed by atoms with van der Waals surface area (Å²) in [5.41, 5.74) is 0. The highest BCUT2D eigenvalue weighted by Gasteiger charge is 2.19. The molecule has 0 amide bonds. The molecule has 0 aromatic heterocycles. The van der Waals surface area contributed by atoms with Gasteiger partial charge in [0, 0.05) is 19.3 Å². The average molecular weight is 793 g/mol. The number of hydrogen-bond donors (Lipinski definition) is 0. The normalized spacial score (nSPS) is 12.8. The topological polar surface area (TPSA) is 78.9 Å². The summed E-state index contributed by atoms with van der Waals surface area (Å²) in [5, 5.41) is 0. The number of hydrogen-bond acceptors (Lipinski definition) is 6. The van der Waals surface area contributed by atoms with Crippen molar-refractivity contribution in [3.05, 3.63) is 85.1 Å². The lowest BCUT2D eigenvalue weighted by Crippen LogP contribution is -2.30. The quantitative estimate of drug-likeness (QED) is 0.0202. The molecule has 0 aromatic rings. The van der Waals surface area contributed by atoms with Gasteiger partial charge in [0.2, 0.25) is 0 Å². The summed E-state index contributed by atoms with van der Waals surface area (Å²) in [6.45, 7) is 6.37. The van der Waals surface area contributed by atoms with Gasteiger partial charge in [-0.2, -0.15) is 0 Å². The second-order valence-electron chi connectivity index (χ2n) is 15.1. The molecule has 57 heavy (non-hydrogen) atoms. The van der Waals surface area contributed by atoms with Crippen LogP contribution in [0.25, 0.3) is 0 Å². The molecule has 0 spiro atoms. The predicted octanol–water partition coefficient (Wildman–Crippen LogP) is 14.9. The number of carbonyl (C=O) groups is 3. The maximum Gasteiger partial charge on any atom is 0.306 e. The lowest BCUT2D eigenvalue weighted by molar-refractivity contribution is -0.166. The van der Waals surface area contributed by atoms with Gasteiger partial charge < -0.3 is 14.2 Å². The first-order chi connectivity index (χ1) is 28.0. The zero-order valence-electron chi connectivity index (χ0n) is 36.8. The first kappa shape index (κ1) is 53.6. The summed E-state index contributed by atoms with van der Waals surface area (Å²) < 4.78 is 16.6. The third-order valence-corrected chi connectivity index (χ3v) is 9.53. The van der Waals surface area contributed by atoms with Crippen molar-refractivity contribution in [1.82, 2.24) is 0 Å². The summed E-state index contributed by atoms with van der Waals surface area (Å²) in [7, 11) is 0. The fourth-order valence-corrected chi connectivity index (χ4v) is 6.04. The monoisotopic (exact) mass is 793 g/mol. The van der Waals surface area contributed by atoms with E-state index in [1.54, 1.807) is 0 Å². The van der Waals surface area contributed by atoms with E-state index in [0.717, 1.165) is 64.2 Å². The Labute approximate surface area is 350 Å². The fourth-order valence-electron chi connectivity index (χ4n) is 6.04. The van der Waals surface area contributed by atoms with Crippen molar-refractivity contribution in [2.24, 2.45) is 0 Å². The molecule has 0 radical (unpaired) electrons. The first-order valence-corrected chi connectivity index (χ1v) is 23.2. The lowest BCUT2D eigenvalue weighted by Gasteiger charge is -2.18. The van der Waals surface area contributed by atoms with Crippen LogP contribution in [0.1, 0.15) is 201 Å². The molecule has 1 unspecified atom stereocenters. The van der Waals surface area contributed by atoms with Crippen molar-refractivity contribution < 1.29 is 28.6 Å². The molecular formula is C51H84O6. The van der Waals surface area contributed by atoms with Gasteiger partial charge in [0.25, 0.3) is 0 Å². The van der Waals surface area contributed by atoms with Crippen LogP contribution in [0.4, 0.5) is 0 Å². The fraction of sp³-hybridized carbons (Fsp3) is 0.667. The molecule has 0 saturated carbocycles. The molecule has 0 fully saturated rings. The standard InChI is InChI=1S/C51H84O6/c1-4-7-10-13-16-19-22-24-25-27-29-32-35-38-41-44-50(53)56-47-48(46-55-49(52)43-40-37-34-31-28-21-18-15-12-9-6-3)57-51(54)45-42-39-36-33-30-26-23-20-17-14-11-8-5-2/h7,10,13,16,19,22,24-27,29-30,36,39,48H,4-6,8-9,11-12,14-15,17-18,20-21,23,28,31-35,37-38,40-47H2,1-3H3/b10-7-,16-13-,22-19-,25-24-,29-27-,30-26-,39-36-. The van der Waals surface area contributed by atoms with Gasteiger partial charge in [-0.05, 0) is 57.8 Å². The van der Waals surface area contributed by atoms with Gasteiger partial charge in [-0.15, -0.1) is 0 Å². The largest absolute Gasteiger partial charge is 0.462 e. The molecular weight excluding hydrogens is 709 g/mol. The number of allylic oxidation sites excluding steroid dienone is 14. The molecule has 0 saturated heterocycles. The van der Waals surface area contributed by atoms with Crippen LogP contribution in [0.3, 0.4) is 0 Å². The van der Waals surface area contributed by atoms with E-state index in [0.29, 0.717) is 19.3 Å². The predicted molar refractivity (Wildman–Crippen MR) is 242 cm³/mol. The van der Waals surface area contributed by atoms with Crippen LogP contribution in [0.2, 0.25) is 0 Å². The van der Waals surface area contributed by atoms with E-state index in [4.69, 9.17) is 14.2 Å². The van der Waals surface area contributed by atoms with E-state index in [1.165, 1.54) is 89.9 Å². The highest BCUT2D eigenvalue weighted by molar-refractivity contribution is 5.71. The molecule has 0 bridgehead atoms. The van der Waals surface area contributed by atoms with Crippen LogP contribution in [0.5, 0.6) is 0 Å². The molecule has 0 aliphatic heterocycles. The van der Waals surface area contributed by atoms with Gasteiger partial charge in [-0.25, -0.2) is 0 Å². The Balaban J connectivity index is 4.54. The number of ether oxygens (including phenoxy) is 3. The Morgan fingerprint density at radius 2 is 0.789 bits per heavy atom. The van der Waals surface area contributed by atoms with Crippen LogP contribution < -0.4 is 0 Å². The SMILES string of the molecule is CC\C=C/C=C\C=C/C=C\C=C/CCCCCC(=O)OCC(COC(=O)CCCCCCCCCCCCC)OC(=O)CC/C=C\C/C=C\CCCCCCCC. The summed E-state index contributed by atoms with van der Waals surface area (Å²) in [4.78, 5) is 37.7. The molecule has 0 heterocycles. The molecule has 1 atom stereocenters. The Kier molecular flexibility index (Phi) is 42.6. The van der Waals surface area contributed by atoms with Crippen LogP contribution in [0, 0.1) is 0 Å². The molecule has 6 nitrogen and oxygen atoms in total. The maximum atomic E-state index is 12.7. The summed E-state index contributed by atoms with van der Waals surface area (Å²) in [6.07, 6.45) is 57.2. The van der Waals surface area contributed by atoms with E-state index in [-0.39, 0.29) is 31.6 Å². The second-order valence-corrected chi connectivity index (χ2v) is 15.1. The van der Waals surface area contributed by atoms with E-state index in [9.17, 15) is 14.4 Å². The van der Waals surface area contributed by atoms with Gasteiger partial charge in [0.1, 0.15) is 13.2 Å².